The average Bonchev–Trinajstić information content (AvgIpc) is 2.98. The molecule has 0 unspecified atom stereocenters. The summed E-state index contributed by atoms with van der Waals surface area (Å²) >= 11 is 0. The molecule has 0 saturated carbocycles. The summed E-state index contributed by atoms with van der Waals surface area (Å²) in [5, 5.41) is 32.3. The van der Waals surface area contributed by atoms with Gasteiger partial charge in [0.25, 0.3) is 0 Å². The summed E-state index contributed by atoms with van der Waals surface area (Å²) in [6.07, 6.45) is 3.58. The van der Waals surface area contributed by atoms with Gasteiger partial charge in [-0.25, -0.2) is 4.79 Å². The van der Waals surface area contributed by atoms with E-state index in [4.69, 9.17) is 4.74 Å². The van der Waals surface area contributed by atoms with Crippen LogP contribution in [-0.4, -0.2) is 88.9 Å². The van der Waals surface area contributed by atoms with Crippen molar-refractivity contribution in [1.29, 1.82) is 0 Å². The number of rotatable bonds is 15. The molecule has 2 aromatic carbocycles. The van der Waals surface area contributed by atoms with Crippen molar-refractivity contribution >= 4 is 6.03 Å². The Morgan fingerprint density at radius 1 is 0.703 bits per heavy atom. The van der Waals surface area contributed by atoms with Crippen LogP contribution in [0, 0.1) is 0 Å². The number of amides is 2. The normalized spacial score (nSPS) is 22.3. The van der Waals surface area contributed by atoms with Gasteiger partial charge >= 0.3 is 6.03 Å². The van der Waals surface area contributed by atoms with Gasteiger partial charge in [-0.2, -0.15) is 0 Å². The number of aliphatic hydroxyl groups excluding tert-OH is 3. The molecule has 4 atom stereocenters. The van der Waals surface area contributed by atoms with E-state index in [-0.39, 0.29) is 12.6 Å². The van der Waals surface area contributed by atoms with Crippen LogP contribution in [0.15, 0.2) is 60.7 Å². The lowest BCUT2D eigenvalue weighted by molar-refractivity contribution is -0.0397. The molecule has 7 heteroatoms. The lowest BCUT2D eigenvalue weighted by Crippen LogP contribution is -2.51. The number of hydrogen-bond acceptors (Lipinski definition) is 5. The molecular weight excluding hydrogens is 468 g/mol. The molecule has 2 amide bonds. The first-order valence-electron chi connectivity index (χ1n) is 13.7. The maximum absolute atomic E-state index is 14.2. The number of hydrogen-bond donors (Lipinski definition) is 3. The predicted octanol–water partition coefficient (Wildman–Crippen LogP) is 3.65. The number of carbonyl (C=O) groups excluding carboxylic acids is 1. The highest BCUT2D eigenvalue weighted by Gasteiger charge is 2.45. The number of methoxy groups -OCH3 is 1. The molecule has 0 aromatic heterocycles. The Bertz CT molecular complexity index is 897. The van der Waals surface area contributed by atoms with E-state index in [1.807, 2.05) is 60.7 Å². The number of urea groups is 1. The van der Waals surface area contributed by atoms with Crippen molar-refractivity contribution in [1.82, 2.24) is 9.80 Å². The SMILES string of the molecule is COCCCCCN1C(=O)N(CCCCCO)[C@H](Cc2ccccc2)[C@H](O)[C@@H](O)[C@H]1Cc1ccccc1. The zero-order valence-corrected chi connectivity index (χ0v) is 22.1. The second-order valence-electron chi connectivity index (χ2n) is 10.0. The minimum absolute atomic E-state index is 0.121. The molecular formula is C30H44N2O5. The maximum Gasteiger partial charge on any atom is 0.320 e. The van der Waals surface area contributed by atoms with E-state index in [1.165, 1.54) is 0 Å². The molecule has 1 fully saturated rings. The number of ether oxygens (including phenoxy) is 1. The van der Waals surface area contributed by atoms with Crippen LogP contribution >= 0.6 is 0 Å². The van der Waals surface area contributed by atoms with Gasteiger partial charge in [-0.05, 0) is 62.5 Å². The van der Waals surface area contributed by atoms with Crippen molar-refractivity contribution in [2.45, 2.75) is 75.7 Å². The molecule has 37 heavy (non-hydrogen) atoms. The molecule has 2 aromatic rings. The smallest absolute Gasteiger partial charge is 0.320 e. The van der Waals surface area contributed by atoms with Crippen molar-refractivity contribution in [3.05, 3.63) is 71.8 Å². The van der Waals surface area contributed by atoms with Crippen LogP contribution < -0.4 is 0 Å². The number of benzene rings is 2. The first-order valence-corrected chi connectivity index (χ1v) is 13.7. The van der Waals surface area contributed by atoms with Gasteiger partial charge < -0.3 is 29.9 Å². The van der Waals surface area contributed by atoms with E-state index in [1.54, 1.807) is 16.9 Å². The Labute approximate surface area is 221 Å². The van der Waals surface area contributed by atoms with E-state index in [2.05, 4.69) is 0 Å². The summed E-state index contributed by atoms with van der Waals surface area (Å²) in [5.74, 6) is 0. The molecule has 204 valence electrons. The van der Waals surface area contributed by atoms with Crippen LogP contribution in [0.1, 0.15) is 49.7 Å². The van der Waals surface area contributed by atoms with Crippen molar-refractivity contribution in [2.75, 3.05) is 33.4 Å². The second-order valence-corrected chi connectivity index (χ2v) is 10.0. The largest absolute Gasteiger partial charge is 0.396 e. The van der Waals surface area contributed by atoms with E-state index >= 15 is 0 Å². The standard InChI is InChI=1S/C30H44N2O5/c1-37-21-13-5-11-19-32-27(23-25-16-8-3-9-17-25)29(35)28(34)26(22-24-14-6-2-7-15-24)31(30(32)36)18-10-4-12-20-33/h2-3,6-9,14-17,26-29,33-35H,4-5,10-13,18-23H2,1H3/t26-,27-,28+,29+/m1/s1. The van der Waals surface area contributed by atoms with Crippen LogP contribution in [0.3, 0.4) is 0 Å². The molecule has 7 nitrogen and oxygen atoms in total. The van der Waals surface area contributed by atoms with Gasteiger partial charge in [-0.3, -0.25) is 0 Å². The van der Waals surface area contributed by atoms with E-state index < -0.39 is 24.3 Å². The fraction of sp³-hybridized carbons (Fsp3) is 0.567. The Hall–Kier alpha value is -2.45. The van der Waals surface area contributed by atoms with Crippen LogP contribution in [0.4, 0.5) is 4.79 Å². The lowest BCUT2D eigenvalue weighted by Gasteiger charge is -2.35. The fourth-order valence-electron chi connectivity index (χ4n) is 5.24. The minimum atomic E-state index is -1.09. The highest BCUT2D eigenvalue weighted by molar-refractivity contribution is 5.76. The third-order valence-corrected chi connectivity index (χ3v) is 7.31. The maximum atomic E-state index is 14.2. The highest BCUT2D eigenvalue weighted by Crippen LogP contribution is 2.28. The Balaban J connectivity index is 1.91. The Morgan fingerprint density at radius 2 is 1.16 bits per heavy atom. The molecule has 0 spiro atoms. The zero-order valence-electron chi connectivity index (χ0n) is 22.1. The molecule has 1 aliphatic rings. The van der Waals surface area contributed by atoms with Crippen LogP contribution in [0.5, 0.6) is 0 Å². The first-order chi connectivity index (χ1) is 18.1. The first kappa shape index (κ1) is 29.1. The molecule has 1 saturated heterocycles. The monoisotopic (exact) mass is 512 g/mol. The summed E-state index contributed by atoms with van der Waals surface area (Å²) in [5.41, 5.74) is 2.03. The number of unbranched alkanes of at least 4 members (excludes halogenated alkanes) is 4. The Kier molecular flexibility index (Phi) is 12.4. The zero-order chi connectivity index (χ0) is 26.5. The lowest BCUT2D eigenvalue weighted by atomic mass is 9.91. The van der Waals surface area contributed by atoms with E-state index in [0.29, 0.717) is 39.0 Å². The fourth-order valence-corrected chi connectivity index (χ4v) is 5.24. The minimum Gasteiger partial charge on any atom is -0.396 e. The second kappa shape index (κ2) is 15.7. The van der Waals surface area contributed by atoms with Crippen LogP contribution in [0.2, 0.25) is 0 Å². The molecule has 1 heterocycles. The number of aliphatic hydroxyl groups is 3. The van der Waals surface area contributed by atoms with Gasteiger partial charge in [-0.1, -0.05) is 60.7 Å². The van der Waals surface area contributed by atoms with Crippen LogP contribution in [-0.2, 0) is 17.6 Å². The van der Waals surface area contributed by atoms with E-state index in [9.17, 15) is 20.1 Å². The van der Waals surface area contributed by atoms with Gasteiger partial charge in [0.1, 0.15) is 12.2 Å². The van der Waals surface area contributed by atoms with Crippen molar-refractivity contribution in [3.8, 4) is 0 Å². The average molecular weight is 513 g/mol. The quantitative estimate of drug-likeness (QED) is 0.317. The summed E-state index contributed by atoms with van der Waals surface area (Å²) < 4.78 is 5.18. The molecule has 0 aliphatic carbocycles. The van der Waals surface area contributed by atoms with Gasteiger partial charge in [0.2, 0.25) is 0 Å². The van der Waals surface area contributed by atoms with Gasteiger partial charge in [0.05, 0.1) is 12.1 Å². The number of nitrogens with zero attached hydrogens (tertiary/aromatic N) is 2. The van der Waals surface area contributed by atoms with Crippen molar-refractivity contribution in [2.24, 2.45) is 0 Å². The predicted molar refractivity (Wildman–Crippen MR) is 145 cm³/mol. The molecule has 3 rings (SSSR count). The third-order valence-electron chi connectivity index (χ3n) is 7.31. The van der Waals surface area contributed by atoms with Gasteiger partial charge in [-0.15, -0.1) is 0 Å². The number of carbonyl (C=O) groups is 1. The van der Waals surface area contributed by atoms with Gasteiger partial charge in [0, 0.05) is 33.4 Å². The Morgan fingerprint density at radius 3 is 1.59 bits per heavy atom. The van der Waals surface area contributed by atoms with Crippen LogP contribution in [0.25, 0.3) is 0 Å². The van der Waals surface area contributed by atoms with E-state index in [0.717, 1.165) is 43.2 Å². The molecule has 1 aliphatic heterocycles. The van der Waals surface area contributed by atoms with Crippen molar-refractivity contribution in [3.63, 3.8) is 0 Å². The summed E-state index contributed by atoms with van der Waals surface area (Å²) in [7, 11) is 1.69. The highest BCUT2D eigenvalue weighted by atomic mass is 16.5. The summed E-state index contributed by atoms with van der Waals surface area (Å²) in [6, 6.07) is 18.5. The molecule has 3 N–H and O–H groups in total. The summed E-state index contributed by atoms with van der Waals surface area (Å²) in [4.78, 5) is 17.7. The van der Waals surface area contributed by atoms with Crippen molar-refractivity contribution < 1.29 is 24.9 Å². The molecule has 0 bridgehead atoms. The van der Waals surface area contributed by atoms with Gasteiger partial charge in [0.15, 0.2) is 0 Å². The topological polar surface area (TPSA) is 93.5 Å². The summed E-state index contributed by atoms with van der Waals surface area (Å²) in [6.45, 7) is 1.78. The molecule has 0 radical (unpaired) electrons. The third kappa shape index (κ3) is 8.54.